The van der Waals surface area contributed by atoms with Crippen LogP contribution in [0, 0.1) is 5.41 Å². The number of nitrogens with zero attached hydrogens (tertiary/aromatic N) is 3. The van der Waals surface area contributed by atoms with Gasteiger partial charge in [-0.2, -0.15) is 4.98 Å². The Morgan fingerprint density at radius 1 is 1.05 bits per heavy atom. The van der Waals surface area contributed by atoms with Crippen molar-refractivity contribution in [1.29, 1.82) is 0 Å². The summed E-state index contributed by atoms with van der Waals surface area (Å²) in [6.45, 7) is 14.7. The Labute approximate surface area is 135 Å². The second kappa shape index (κ2) is 7.65. The van der Waals surface area contributed by atoms with Crippen LogP contribution in [0.4, 0.5) is 5.95 Å². The van der Waals surface area contributed by atoms with E-state index in [-0.39, 0.29) is 22.5 Å². The molecule has 0 aromatic carbocycles. The average molecular weight is 311 g/mol. The van der Waals surface area contributed by atoms with Gasteiger partial charge in [0, 0.05) is 19.5 Å². The van der Waals surface area contributed by atoms with Gasteiger partial charge < -0.3 is 14.7 Å². The normalized spacial score (nSPS) is 11.5. The van der Waals surface area contributed by atoms with Crippen LogP contribution in [-0.4, -0.2) is 36.3 Å². The van der Waals surface area contributed by atoms with Gasteiger partial charge in [-0.05, 0) is 11.8 Å². The van der Waals surface area contributed by atoms with Crippen molar-refractivity contribution in [2.75, 3.05) is 26.1 Å². The molecule has 128 valence electrons. The van der Waals surface area contributed by atoms with Crippen molar-refractivity contribution in [1.82, 2.24) is 9.97 Å². The minimum atomic E-state index is -0.274. The highest BCUT2D eigenvalue weighted by molar-refractivity contribution is 5.46. The molecule has 0 amide bonds. The van der Waals surface area contributed by atoms with Gasteiger partial charge in [-0.1, -0.05) is 48.5 Å². The van der Waals surface area contributed by atoms with Crippen molar-refractivity contribution in [2.24, 2.45) is 5.41 Å². The fourth-order valence-electron chi connectivity index (χ4n) is 2.65. The first-order valence-electron chi connectivity index (χ1n) is 7.81. The highest BCUT2D eigenvalue weighted by atomic mass is 16.5. The van der Waals surface area contributed by atoms with E-state index in [1.54, 1.807) is 4.90 Å². The summed E-state index contributed by atoms with van der Waals surface area (Å²) >= 11 is 0. The van der Waals surface area contributed by atoms with Crippen molar-refractivity contribution in [3.8, 4) is 11.6 Å². The van der Waals surface area contributed by atoms with Crippen LogP contribution in [0.15, 0.2) is 0 Å². The lowest BCUT2D eigenvalue weighted by Gasteiger charge is -2.32. The van der Waals surface area contributed by atoms with Crippen LogP contribution in [0.3, 0.4) is 0 Å². The minimum absolute atomic E-state index is 0.0346. The molecule has 0 aliphatic heterocycles. The Morgan fingerprint density at radius 2 is 1.55 bits per heavy atom. The van der Waals surface area contributed by atoms with Crippen LogP contribution < -0.4 is 9.64 Å². The molecule has 0 unspecified atom stereocenters. The molecule has 0 spiro atoms. The summed E-state index contributed by atoms with van der Waals surface area (Å²) < 4.78 is 5.17. The van der Waals surface area contributed by atoms with Gasteiger partial charge in [0.2, 0.25) is 11.7 Å². The highest BCUT2D eigenvalue weighted by Crippen LogP contribution is 2.42. The van der Waals surface area contributed by atoms with E-state index in [1.165, 1.54) is 7.11 Å². The zero-order valence-electron chi connectivity index (χ0n) is 15.9. The third-order valence-corrected chi connectivity index (χ3v) is 3.05. The molecule has 1 N–H and O–H groups in total. The van der Waals surface area contributed by atoms with Crippen LogP contribution in [0.5, 0.6) is 11.6 Å². The molecule has 22 heavy (non-hydrogen) atoms. The number of hydrogen-bond donors (Lipinski definition) is 1. The predicted molar refractivity (Wildman–Crippen MR) is 93.0 cm³/mol. The van der Waals surface area contributed by atoms with Crippen LogP contribution in [-0.2, 0) is 5.41 Å². The maximum atomic E-state index is 10.4. The molecule has 0 saturated carbocycles. The predicted octanol–water partition coefficient (Wildman–Crippen LogP) is 4.00. The topological polar surface area (TPSA) is 58.5 Å². The van der Waals surface area contributed by atoms with Gasteiger partial charge in [0.25, 0.3) is 5.88 Å². The highest BCUT2D eigenvalue weighted by Gasteiger charge is 2.33. The van der Waals surface area contributed by atoms with Gasteiger partial charge in [0.1, 0.15) is 0 Å². The van der Waals surface area contributed by atoms with E-state index in [2.05, 4.69) is 44.6 Å². The number of ether oxygens (including phenoxy) is 1. The summed E-state index contributed by atoms with van der Waals surface area (Å²) in [5.41, 5.74) is 0.485. The first kappa shape index (κ1) is 20.5. The summed E-state index contributed by atoms with van der Waals surface area (Å²) in [5.74, 6) is 0.796. The molecule has 1 aromatic rings. The third-order valence-electron chi connectivity index (χ3n) is 3.05. The minimum Gasteiger partial charge on any atom is -0.502 e. The molecule has 5 nitrogen and oxygen atoms in total. The molecule has 1 rings (SSSR count). The fourth-order valence-corrected chi connectivity index (χ4v) is 2.65. The van der Waals surface area contributed by atoms with Crippen molar-refractivity contribution in [2.45, 2.75) is 60.3 Å². The first-order valence-corrected chi connectivity index (χ1v) is 7.81. The molecule has 0 aliphatic carbocycles. The molecular formula is C17H33N3O2. The van der Waals surface area contributed by atoms with Crippen molar-refractivity contribution < 1.29 is 9.84 Å². The smallest absolute Gasteiger partial charge is 0.261 e. The maximum absolute atomic E-state index is 10.4. The monoisotopic (exact) mass is 311 g/mol. The number of aromatic hydroxyl groups is 1. The van der Waals surface area contributed by atoms with Gasteiger partial charge in [-0.15, -0.1) is 0 Å². The maximum Gasteiger partial charge on any atom is 0.261 e. The lowest BCUT2D eigenvalue weighted by molar-refractivity contribution is 0.268. The summed E-state index contributed by atoms with van der Waals surface area (Å²) in [4.78, 5) is 10.5. The van der Waals surface area contributed by atoms with Crippen LogP contribution in [0.2, 0.25) is 0 Å². The average Bonchev–Trinajstić information content (AvgIpc) is 2.38. The summed E-state index contributed by atoms with van der Waals surface area (Å²) in [7, 11) is 5.24. The third kappa shape index (κ3) is 5.35. The summed E-state index contributed by atoms with van der Waals surface area (Å²) in [5, 5.41) is 10.4. The molecule has 0 radical (unpaired) electrons. The Balaban J connectivity index is 0.00000211. The lowest BCUT2D eigenvalue weighted by Crippen LogP contribution is -2.27. The van der Waals surface area contributed by atoms with E-state index in [0.29, 0.717) is 11.6 Å². The number of hydrogen-bond acceptors (Lipinski definition) is 5. The van der Waals surface area contributed by atoms with Crippen molar-refractivity contribution in [3.05, 3.63) is 5.69 Å². The van der Waals surface area contributed by atoms with Crippen molar-refractivity contribution >= 4 is 5.95 Å². The number of rotatable bonds is 4. The first-order chi connectivity index (χ1) is 9.98. The van der Waals surface area contributed by atoms with Gasteiger partial charge in [0.05, 0.1) is 12.8 Å². The van der Waals surface area contributed by atoms with Crippen LogP contribution in [0.1, 0.15) is 60.6 Å². The molecule has 0 atom stereocenters. The van der Waals surface area contributed by atoms with E-state index >= 15 is 0 Å². The second-order valence-electron chi connectivity index (χ2n) is 7.25. The van der Waals surface area contributed by atoms with E-state index in [0.717, 1.165) is 6.42 Å². The molecule has 0 aliphatic rings. The number of anilines is 1. The molecule has 0 fully saturated rings. The molecule has 0 bridgehead atoms. The van der Waals surface area contributed by atoms with Gasteiger partial charge in [-0.3, -0.25) is 0 Å². The molecule has 1 heterocycles. The molecule has 1 aromatic heterocycles. The van der Waals surface area contributed by atoms with Gasteiger partial charge in [-0.25, -0.2) is 4.98 Å². The van der Waals surface area contributed by atoms with Crippen LogP contribution >= 0.6 is 0 Å². The fraction of sp³-hybridized carbons (Fsp3) is 0.765. The van der Waals surface area contributed by atoms with Crippen LogP contribution in [0.25, 0.3) is 0 Å². The van der Waals surface area contributed by atoms with Crippen molar-refractivity contribution in [3.63, 3.8) is 0 Å². The Kier molecular flexibility index (Phi) is 7.13. The Bertz CT molecular complexity index is 478. The van der Waals surface area contributed by atoms with E-state index in [1.807, 2.05) is 27.9 Å². The van der Waals surface area contributed by atoms with E-state index < -0.39 is 0 Å². The Hall–Kier alpha value is -1.52. The zero-order valence-corrected chi connectivity index (χ0v) is 15.9. The summed E-state index contributed by atoms with van der Waals surface area (Å²) in [6.07, 6.45) is 0.889. The Morgan fingerprint density at radius 3 is 1.91 bits per heavy atom. The zero-order chi connectivity index (χ0) is 17.7. The summed E-state index contributed by atoms with van der Waals surface area (Å²) in [6, 6.07) is 0. The SMILES string of the molecule is CC.COc1nc(N(C)C)nc(C(C)(C)CC(C)(C)C)c1O. The largest absolute Gasteiger partial charge is 0.502 e. The number of methoxy groups -OCH3 is 1. The second-order valence-corrected chi connectivity index (χ2v) is 7.25. The van der Waals surface area contributed by atoms with Gasteiger partial charge >= 0.3 is 0 Å². The van der Waals surface area contributed by atoms with Gasteiger partial charge in [0.15, 0.2) is 0 Å². The molecular weight excluding hydrogens is 278 g/mol. The molecule has 5 heteroatoms. The number of aromatic nitrogens is 2. The van der Waals surface area contributed by atoms with E-state index in [9.17, 15) is 5.11 Å². The standard InChI is InChI=1S/C15H27N3O2.C2H6/c1-14(2,3)9-15(4,5)11-10(19)12(20-8)17-13(16-11)18(6)7;1-2/h19H,9H2,1-8H3;1-2H3. The lowest BCUT2D eigenvalue weighted by atomic mass is 9.74. The quantitative estimate of drug-likeness (QED) is 0.911. The molecule has 0 saturated heterocycles. The van der Waals surface area contributed by atoms with E-state index in [4.69, 9.17) is 4.74 Å².